The molecule has 144 valence electrons. The van der Waals surface area contributed by atoms with Crippen LogP contribution in [0.3, 0.4) is 0 Å². The minimum absolute atomic E-state index is 0.0327. The van der Waals surface area contributed by atoms with Gasteiger partial charge in [0.1, 0.15) is 0 Å². The van der Waals surface area contributed by atoms with Crippen LogP contribution in [0, 0.1) is 0 Å². The van der Waals surface area contributed by atoms with Crippen LogP contribution in [0.25, 0.3) is 0 Å². The quantitative estimate of drug-likeness (QED) is 0.353. The van der Waals surface area contributed by atoms with E-state index in [1.807, 2.05) is 0 Å². The number of hydrogen-bond acceptors (Lipinski definition) is 6. The molecular weight excluding hydrogens is 330 g/mol. The zero-order valence-electron chi connectivity index (χ0n) is 15.5. The maximum atomic E-state index is 10.6. The summed E-state index contributed by atoms with van der Waals surface area (Å²) in [6.45, 7) is 11.3. The topological polar surface area (TPSA) is 63.3 Å². The molecule has 1 heterocycles. The molecule has 0 spiro atoms. The molecule has 1 fully saturated rings. The number of thiol groups is 1. The van der Waals surface area contributed by atoms with Crippen LogP contribution >= 0.6 is 11.1 Å². The number of carbonyl (C=O) groups excluding carboxylic acids is 1. The Bertz CT molecular complexity index is 326. The van der Waals surface area contributed by atoms with E-state index < -0.39 is 0 Å². The first-order chi connectivity index (χ1) is 11.6. The van der Waals surface area contributed by atoms with E-state index in [1.54, 1.807) is 0 Å². The maximum Gasteiger partial charge on any atom is 0.216 e. The highest BCUT2D eigenvalue weighted by Crippen LogP contribution is 2.22. The Morgan fingerprint density at radius 2 is 1.46 bits per heavy atom. The van der Waals surface area contributed by atoms with Crippen molar-refractivity contribution in [3.05, 3.63) is 0 Å². The number of nitrogens with zero attached hydrogens (tertiary/aromatic N) is 2. The molecule has 0 atom stereocenters. The van der Waals surface area contributed by atoms with Crippen molar-refractivity contribution in [1.29, 1.82) is 0 Å². The molecule has 0 unspecified atom stereocenters. The first-order valence-corrected chi connectivity index (χ1v) is 10.9. The predicted molar refractivity (Wildman–Crippen MR) is 100.0 cm³/mol. The Balaban J connectivity index is 1.79. The summed E-state index contributed by atoms with van der Waals surface area (Å²) in [5.41, 5.74) is 0. The zero-order valence-corrected chi connectivity index (χ0v) is 16.4. The fourth-order valence-corrected chi connectivity index (χ4v) is 3.37. The number of carbonyl (C=O) groups is 1. The number of piperazine rings is 1. The summed E-state index contributed by atoms with van der Waals surface area (Å²) in [7, 11) is 0. The normalized spacial score (nSPS) is 17.0. The van der Waals surface area contributed by atoms with Crippen LogP contribution < -0.4 is 5.32 Å². The van der Waals surface area contributed by atoms with Crippen LogP contribution in [0.2, 0.25) is 0 Å². The third-order valence-corrected chi connectivity index (χ3v) is 5.36. The second-order valence-electron chi connectivity index (χ2n) is 5.96. The molecule has 1 aliphatic rings. The molecule has 0 aromatic heterocycles. The smallest absolute Gasteiger partial charge is 0.216 e. The van der Waals surface area contributed by atoms with Crippen molar-refractivity contribution in [3.63, 3.8) is 0 Å². The first kappa shape index (κ1) is 21.7. The molecule has 0 radical (unpaired) electrons. The molecule has 0 bridgehead atoms. The molecule has 7 nitrogen and oxygen atoms in total. The SMILES string of the molecule is CC(=O)NCCOCCOCCOCCN1CCN([SH](C)C)CC1. The van der Waals surface area contributed by atoms with Gasteiger partial charge in [0, 0.05) is 46.2 Å². The van der Waals surface area contributed by atoms with Gasteiger partial charge in [-0.25, -0.2) is 11.1 Å². The Morgan fingerprint density at radius 3 is 2.00 bits per heavy atom. The summed E-state index contributed by atoms with van der Waals surface area (Å²) in [5.74, 6) is -0.0327. The maximum absolute atomic E-state index is 10.6. The van der Waals surface area contributed by atoms with Crippen LogP contribution in [0.1, 0.15) is 6.92 Å². The summed E-state index contributed by atoms with van der Waals surface area (Å²) in [5, 5.41) is 2.68. The molecule has 1 N–H and O–H groups in total. The number of ether oxygens (including phenoxy) is 3. The van der Waals surface area contributed by atoms with Crippen molar-refractivity contribution < 1.29 is 19.0 Å². The summed E-state index contributed by atoms with van der Waals surface area (Å²) in [6, 6.07) is 0. The largest absolute Gasteiger partial charge is 0.378 e. The molecule has 1 rings (SSSR count). The van der Waals surface area contributed by atoms with E-state index in [0.717, 1.165) is 26.2 Å². The van der Waals surface area contributed by atoms with Crippen molar-refractivity contribution in [2.24, 2.45) is 0 Å². The number of hydrogen-bond donors (Lipinski definition) is 2. The molecule has 8 heteroatoms. The van der Waals surface area contributed by atoms with Crippen molar-refractivity contribution in [2.45, 2.75) is 6.92 Å². The molecule has 0 aromatic rings. The van der Waals surface area contributed by atoms with E-state index in [4.69, 9.17) is 14.2 Å². The standard InChI is InChI=1S/C16H35N3O4S/c1-16(20)17-4-10-21-12-14-23-15-13-22-11-9-18-5-7-19(8-6-18)24(2)3/h24H,4-15H2,1-3H3,(H,17,20). The first-order valence-electron chi connectivity index (χ1n) is 8.72. The predicted octanol–water partition coefficient (Wildman–Crippen LogP) is -0.0343. The molecule has 1 amide bonds. The molecule has 1 saturated heterocycles. The Hall–Kier alpha value is -0.380. The highest BCUT2D eigenvalue weighted by Gasteiger charge is 2.16. The lowest BCUT2D eigenvalue weighted by Gasteiger charge is -2.38. The monoisotopic (exact) mass is 365 g/mol. The molecule has 24 heavy (non-hydrogen) atoms. The van der Waals surface area contributed by atoms with Crippen LogP contribution in [-0.4, -0.2) is 107 Å². The van der Waals surface area contributed by atoms with Crippen molar-refractivity contribution in [3.8, 4) is 0 Å². The van der Waals surface area contributed by atoms with Gasteiger partial charge in [-0.05, 0) is 12.5 Å². The second kappa shape index (κ2) is 13.9. The van der Waals surface area contributed by atoms with Gasteiger partial charge in [0.2, 0.25) is 5.91 Å². The van der Waals surface area contributed by atoms with Crippen LogP contribution in [0.5, 0.6) is 0 Å². The fourth-order valence-electron chi connectivity index (χ4n) is 2.40. The van der Waals surface area contributed by atoms with Gasteiger partial charge in [0.25, 0.3) is 0 Å². The molecular formula is C16H35N3O4S. The van der Waals surface area contributed by atoms with Gasteiger partial charge in [0.15, 0.2) is 0 Å². The van der Waals surface area contributed by atoms with E-state index in [0.29, 0.717) is 39.6 Å². The summed E-state index contributed by atoms with van der Waals surface area (Å²) in [4.78, 5) is 13.1. The van der Waals surface area contributed by atoms with E-state index in [2.05, 4.69) is 27.0 Å². The highest BCUT2D eigenvalue weighted by atomic mass is 32.2. The van der Waals surface area contributed by atoms with E-state index >= 15 is 0 Å². The fraction of sp³-hybridized carbons (Fsp3) is 0.938. The van der Waals surface area contributed by atoms with Crippen molar-refractivity contribution in [2.75, 3.05) is 91.4 Å². The molecule has 1 aliphatic heterocycles. The second-order valence-corrected chi connectivity index (χ2v) is 8.22. The van der Waals surface area contributed by atoms with E-state index in [1.165, 1.54) is 20.0 Å². The van der Waals surface area contributed by atoms with Gasteiger partial charge in [0.05, 0.1) is 39.6 Å². The Morgan fingerprint density at radius 1 is 0.917 bits per heavy atom. The van der Waals surface area contributed by atoms with Gasteiger partial charge >= 0.3 is 0 Å². The Kier molecular flexibility index (Phi) is 12.5. The van der Waals surface area contributed by atoms with Gasteiger partial charge in [-0.3, -0.25) is 14.0 Å². The molecule has 0 saturated carbocycles. The summed E-state index contributed by atoms with van der Waals surface area (Å²) >= 11 is 0.0596. The summed E-state index contributed by atoms with van der Waals surface area (Å²) in [6.07, 6.45) is 4.64. The van der Waals surface area contributed by atoms with Gasteiger partial charge in [-0.1, -0.05) is 0 Å². The number of rotatable bonds is 13. The third-order valence-electron chi connectivity index (χ3n) is 3.83. The van der Waals surface area contributed by atoms with E-state index in [-0.39, 0.29) is 17.0 Å². The minimum atomic E-state index is -0.0327. The average molecular weight is 366 g/mol. The molecule has 0 aliphatic carbocycles. The summed E-state index contributed by atoms with van der Waals surface area (Å²) < 4.78 is 19.0. The number of amides is 1. The van der Waals surface area contributed by atoms with E-state index in [9.17, 15) is 4.79 Å². The average Bonchev–Trinajstić information content (AvgIpc) is 2.56. The van der Waals surface area contributed by atoms with Crippen LogP contribution in [-0.2, 0) is 19.0 Å². The zero-order chi connectivity index (χ0) is 17.6. The Labute approximate surface area is 149 Å². The van der Waals surface area contributed by atoms with Crippen LogP contribution in [0.4, 0.5) is 0 Å². The van der Waals surface area contributed by atoms with Gasteiger partial charge in [-0.2, -0.15) is 0 Å². The lowest BCUT2D eigenvalue weighted by molar-refractivity contribution is -0.119. The van der Waals surface area contributed by atoms with Gasteiger partial charge < -0.3 is 19.5 Å². The third kappa shape index (κ3) is 11.2. The number of nitrogens with one attached hydrogen (secondary N) is 1. The molecule has 0 aromatic carbocycles. The van der Waals surface area contributed by atoms with Crippen LogP contribution in [0.15, 0.2) is 0 Å². The highest BCUT2D eigenvalue weighted by molar-refractivity contribution is 8.13. The van der Waals surface area contributed by atoms with Crippen molar-refractivity contribution >= 4 is 17.0 Å². The lowest BCUT2D eigenvalue weighted by Crippen LogP contribution is -2.45. The van der Waals surface area contributed by atoms with Crippen molar-refractivity contribution in [1.82, 2.24) is 14.5 Å². The minimum Gasteiger partial charge on any atom is -0.378 e. The lowest BCUT2D eigenvalue weighted by atomic mass is 10.3. The van der Waals surface area contributed by atoms with Gasteiger partial charge in [-0.15, -0.1) is 0 Å².